The van der Waals surface area contributed by atoms with Crippen LogP contribution in [0.25, 0.3) is 0 Å². The third-order valence-corrected chi connectivity index (χ3v) is 4.26. The van der Waals surface area contributed by atoms with Crippen LogP contribution < -0.4 is 4.74 Å². The Kier molecular flexibility index (Phi) is 3.91. The van der Waals surface area contributed by atoms with Crippen molar-refractivity contribution in [2.75, 3.05) is 6.61 Å². The Morgan fingerprint density at radius 3 is 2.72 bits per heavy atom. The van der Waals surface area contributed by atoms with Crippen molar-refractivity contribution in [3.05, 3.63) is 29.6 Å². The van der Waals surface area contributed by atoms with Crippen molar-refractivity contribution in [3.8, 4) is 5.75 Å². The summed E-state index contributed by atoms with van der Waals surface area (Å²) in [6, 6.07) is 4.68. The Morgan fingerprint density at radius 1 is 1.39 bits per heavy atom. The second kappa shape index (κ2) is 5.27. The zero-order chi connectivity index (χ0) is 13.2. The predicted molar refractivity (Wildman–Crippen MR) is 69.2 cm³/mol. The molecule has 0 saturated heterocycles. The molecule has 1 aliphatic heterocycles. The van der Waals surface area contributed by atoms with Crippen LogP contribution in [0.3, 0.4) is 0 Å². The minimum atomic E-state index is -0.211. The Labute approximate surface area is 108 Å². The molecule has 18 heavy (non-hydrogen) atoms. The van der Waals surface area contributed by atoms with Gasteiger partial charge in [-0.3, -0.25) is 0 Å². The van der Waals surface area contributed by atoms with Gasteiger partial charge in [0.15, 0.2) is 0 Å². The predicted octanol–water partition coefficient (Wildman–Crippen LogP) is 3.32. The van der Waals surface area contributed by atoms with Crippen LogP contribution in [0, 0.1) is 11.2 Å². The van der Waals surface area contributed by atoms with Crippen molar-refractivity contribution in [2.45, 2.75) is 45.6 Å². The van der Waals surface area contributed by atoms with E-state index in [4.69, 9.17) is 4.74 Å². The quantitative estimate of drug-likeness (QED) is 0.871. The molecule has 3 heteroatoms. The number of hydrogen-bond acceptors (Lipinski definition) is 2. The number of hydrogen-bond donors (Lipinski definition) is 1. The van der Waals surface area contributed by atoms with Crippen LogP contribution in [0.1, 0.15) is 38.7 Å². The molecule has 1 atom stereocenters. The number of fused-ring (bicyclic) bond motifs is 1. The molecule has 0 aromatic heterocycles. The van der Waals surface area contributed by atoms with E-state index in [2.05, 4.69) is 13.8 Å². The van der Waals surface area contributed by atoms with Gasteiger partial charge in [-0.1, -0.05) is 13.8 Å². The van der Waals surface area contributed by atoms with E-state index in [1.807, 2.05) is 0 Å². The Hall–Kier alpha value is -1.09. The third kappa shape index (κ3) is 2.51. The molecule has 0 aliphatic carbocycles. The summed E-state index contributed by atoms with van der Waals surface area (Å²) in [6.45, 7) is 4.38. The minimum Gasteiger partial charge on any atom is -0.490 e. The topological polar surface area (TPSA) is 29.5 Å². The minimum absolute atomic E-state index is 0.0637. The van der Waals surface area contributed by atoms with Crippen molar-refractivity contribution in [2.24, 2.45) is 5.41 Å². The number of aliphatic hydroxyl groups is 1. The average molecular weight is 252 g/mol. The molecule has 1 aromatic rings. The molecule has 0 saturated carbocycles. The van der Waals surface area contributed by atoms with Crippen molar-refractivity contribution in [1.82, 2.24) is 0 Å². The summed E-state index contributed by atoms with van der Waals surface area (Å²) in [4.78, 5) is 0. The third-order valence-electron chi connectivity index (χ3n) is 4.26. The maximum atomic E-state index is 13.1. The molecular weight excluding hydrogens is 231 g/mol. The van der Waals surface area contributed by atoms with E-state index >= 15 is 0 Å². The SMILES string of the molecule is CCC(CC)(CO)CC1Cc2cc(F)ccc2O1. The van der Waals surface area contributed by atoms with E-state index in [1.54, 1.807) is 12.1 Å². The lowest BCUT2D eigenvalue weighted by atomic mass is 9.77. The molecule has 1 N–H and O–H groups in total. The van der Waals surface area contributed by atoms with E-state index in [1.165, 1.54) is 6.07 Å². The molecule has 0 bridgehead atoms. The highest BCUT2D eigenvalue weighted by molar-refractivity contribution is 5.37. The molecule has 100 valence electrons. The molecule has 2 nitrogen and oxygen atoms in total. The summed E-state index contributed by atoms with van der Waals surface area (Å²) < 4.78 is 19.0. The van der Waals surface area contributed by atoms with Gasteiger partial charge in [-0.05, 0) is 42.9 Å². The lowest BCUT2D eigenvalue weighted by Gasteiger charge is -2.31. The zero-order valence-electron chi connectivity index (χ0n) is 11.1. The Balaban J connectivity index is 2.07. The fourth-order valence-corrected chi connectivity index (χ4v) is 2.71. The lowest BCUT2D eigenvalue weighted by Crippen LogP contribution is -2.31. The monoisotopic (exact) mass is 252 g/mol. The molecule has 0 spiro atoms. The summed E-state index contributed by atoms with van der Waals surface area (Å²) in [5.74, 6) is 0.581. The number of ether oxygens (including phenoxy) is 1. The second-order valence-corrected chi connectivity index (χ2v) is 5.27. The van der Waals surface area contributed by atoms with Gasteiger partial charge >= 0.3 is 0 Å². The maximum Gasteiger partial charge on any atom is 0.123 e. The first-order valence-corrected chi connectivity index (χ1v) is 6.68. The highest BCUT2D eigenvalue weighted by Crippen LogP contribution is 2.38. The van der Waals surface area contributed by atoms with Gasteiger partial charge in [0.05, 0.1) is 0 Å². The molecule has 0 radical (unpaired) electrons. The molecule has 1 heterocycles. The molecule has 0 fully saturated rings. The van der Waals surface area contributed by atoms with Gasteiger partial charge in [0, 0.05) is 18.6 Å². The van der Waals surface area contributed by atoms with Crippen molar-refractivity contribution < 1.29 is 14.2 Å². The van der Waals surface area contributed by atoms with Gasteiger partial charge in [0.1, 0.15) is 17.7 Å². The summed E-state index contributed by atoms with van der Waals surface area (Å²) in [6.07, 6.45) is 3.50. The number of aliphatic hydroxyl groups excluding tert-OH is 1. The first-order chi connectivity index (χ1) is 8.62. The van der Waals surface area contributed by atoms with Crippen molar-refractivity contribution >= 4 is 0 Å². The van der Waals surface area contributed by atoms with Gasteiger partial charge < -0.3 is 9.84 Å². The maximum absolute atomic E-state index is 13.1. The molecule has 1 unspecified atom stereocenters. The van der Waals surface area contributed by atoms with Crippen LogP contribution in [-0.4, -0.2) is 17.8 Å². The normalized spacial score (nSPS) is 18.6. The van der Waals surface area contributed by atoms with E-state index in [0.717, 1.165) is 37.0 Å². The van der Waals surface area contributed by atoms with Crippen molar-refractivity contribution in [1.29, 1.82) is 0 Å². The van der Waals surface area contributed by atoms with Crippen LogP contribution in [-0.2, 0) is 6.42 Å². The summed E-state index contributed by atoms with van der Waals surface area (Å²) in [5.41, 5.74) is 0.879. The highest BCUT2D eigenvalue weighted by Gasteiger charge is 2.33. The fraction of sp³-hybridized carbons (Fsp3) is 0.600. The average Bonchev–Trinajstić information content (AvgIpc) is 2.77. The molecule has 1 aromatic carbocycles. The lowest BCUT2D eigenvalue weighted by molar-refractivity contribution is 0.0614. The first kappa shape index (κ1) is 13.3. The molecule has 1 aliphatic rings. The summed E-state index contributed by atoms with van der Waals surface area (Å²) in [7, 11) is 0. The van der Waals surface area contributed by atoms with Gasteiger partial charge in [-0.25, -0.2) is 4.39 Å². The fourth-order valence-electron chi connectivity index (χ4n) is 2.71. The van der Waals surface area contributed by atoms with Crippen molar-refractivity contribution in [3.63, 3.8) is 0 Å². The van der Waals surface area contributed by atoms with E-state index in [-0.39, 0.29) is 23.9 Å². The smallest absolute Gasteiger partial charge is 0.123 e. The Morgan fingerprint density at radius 2 is 2.11 bits per heavy atom. The van der Waals surface area contributed by atoms with Gasteiger partial charge in [0.2, 0.25) is 0 Å². The van der Waals surface area contributed by atoms with E-state index in [0.29, 0.717) is 0 Å². The van der Waals surface area contributed by atoms with Crippen LogP contribution in [0.5, 0.6) is 5.75 Å². The van der Waals surface area contributed by atoms with Crippen LogP contribution >= 0.6 is 0 Å². The molecule has 0 amide bonds. The van der Waals surface area contributed by atoms with Crippen LogP contribution in [0.15, 0.2) is 18.2 Å². The van der Waals surface area contributed by atoms with Crippen LogP contribution in [0.2, 0.25) is 0 Å². The number of rotatable bonds is 5. The van der Waals surface area contributed by atoms with Crippen LogP contribution in [0.4, 0.5) is 4.39 Å². The zero-order valence-corrected chi connectivity index (χ0v) is 11.1. The number of halogens is 1. The van der Waals surface area contributed by atoms with Gasteiger partial charge in [-0.15, -0.1) is 0 Å². The molecular formula is C15H21FO2. The summed E-state index contributed by atoms with van der Waals surface area (Å²) in [5, 5.41) is 9.58. The van der Waals surface area contributed by atoms with Gasteiger partial charge in [-0.2, -0.15) is 0 Å². The van der Waals surface area contributed by atoms with E-state index < -0.39 is 0 Å². The number of benzene rings is 1. The standard InChI is InChI=1S/C15H21FO2/c1-3-15(4-2,10-17)9-13-8-11-7-12(16)5-6-14(11)18-13/h5-7,13,17H,3-4,8-10H2,1-2H3. The highest BCUT2D eigenvalue weighted by atomic mass is 19.1. The first-order valence-electron chi connectivity index (χ1n) is 6.68. The summed E-state index contributed by atoms with van der Waals surface area (Å²) >= 11 is 0. The second-order valence-electron chi connectivity index (χ2n) is 5.27. The van der Waals surface area contributed by atoms with Gasteiger partial charge in [0.25, 0.3) is 0 Å². The van der Waals surface area contributed by atoms with E-state index in [9.17, 15) is 9.50 Å². The largest absolute Gasteiger partial charge is 0.490 e. The molecule has 2 rings (SSSR count). The Bertz CT molecular complexity index is 405.